The average molecular weight is 309 g/mol. The molecule has 0 unspecified atom stereocenters. The van der Waals surface area contributed by atoms with E-state index >= 15 is 0 Å². The summed E-state index contributed by atoms with van der Waals surface area (Å²) in [5, 5.41) is 13.1. The Morgan fingerprint density at radius 1 is 1.33 bits per heavy atom. The van der Waals surface area contributed by atoms with E-state index in [-0.39, 0.29) is 18.9 Å². The highest BCUT2D eigenvalue weighted by atomic mass is 32.2. The van der Waals surface area contributed by atoms with Crippen LogP contribution in [-0.2, 0) is 36.0 Å². The first-order valence-electron chi connectivity index (χ1n) is 6.55. The predicted octanol–water partition coefficient (Wildman–Crippen LogP) is 0.840. The molecule has 1 aromatic heterocycles. The molecule has 2 N–H and O–H groups in total. The van der Waals surface area contributed by atoms with E-state index in [1.54, 1.807) is 35.1 Å². The maximum Gasteiger partial charge on any atom is 0.216 e. The predicted molar refractivity (Wildman–Crippen MR) is 79.8 cm³/mol. The first-order valence-corrected chi connectivity index (χ1v) is 8.20. The molecule has 0 aliphatic carbocycles. The Kier molecular flexibility index (Phi) is 4.76. The van der Waals surface area contributed by atoms with Crippen molar-refractivity contribution in [3.8, 4) is 0 Å². The van der Waals surface area contributed by atoms with Gasteiger partial charge in [-0.15, -0.1) is 0 Å². The second-order valence-corrected chi connectivity index (χ2v) is 6.74. The number of aromatic nitrogens is 2. The highest BCUT2D eigenvalue weighted by Crippen LogP contribution is 2.10. The zero-order valence-corrected chi connectivity index (χ0v) is 12.9. The van der Waals surface area contributed by atoms with Crippen LogP contribution in [0.5, 0.6) is 0 Å². The van der Waals surface area contributed by atoms with Gasteiger partial charge in [-0.3, -0.25) is 4.68 Å². The number of nitrogens with one attached hydrogen (secondary N) is 1. The van der Waals surface area contributed by atoms with Crippen molar-refractivity contribution in [3.05, 3.63) is 52.8 Å². The summed E-state index contributed by atoms with van der Waals surface area (Å²) in [6.07, 6.45) is 1.66. The van der Waals surface area contributed by atoms with Crippen molar-refractivity contribution in [2.75, 3.05) is 0 Å². The van der Waals surface area contributed by atoms with Gasteiger partial charge in [0, 0.05) is 24.8 Å². The van der Waals surface area contributed by atoms with E-state index < -0.39 is 10.0 Å². The lowest BCUT2D eigenvalue weighted by Crippen LogP contribution is -2.25. The summed E-state index contributed by atoms with van der Waals surface area (Å²) in [7, 11) is -1.62. The summed E-state index contributed by atoms with van der Waals surface area (Å²) >= 11 is 0. The molecule has 6 nitrogen and oxygen atoms in total. The van der Waals surface area contributed by atoms with Gasteiger partial charge in [-0.1, -0.05) is 24.3 Å². The third-order valence-electron chi connectivity index (χ3n) is 3.35. The van der Waals surface area contributed by atoms with Crippen molar-refractivity contribution in [2.24, 2.45) is 7.05 Å². The molecule has 0 bridgehead atoms. The molecule has 1 aromatic carbocycles. The van der Waals surface area contributed by atoms with Gasteiger partial charge in [0.25, 0.3) is 0 Å². The molecule has 0 atom stereocenters. The summed E-state index contributed by atoms with van der Waals surface area (Å²) in [5.74, 6) is -0.111. The van der Waals surface area contributed by atoms with Crippen LogP contribution in [0.4, 0.5) is 0 Å². The Balaban J connectivity index is 2.03. The number of aryl methyl sites for hydroxylation is 1. The Bertz CT molecular complexity index is 723. The smallest absolute Gasteiger partial charge is 0.216 e. The van der Waals surface area contributed by atoms with Crippen LogP contribution in [0.15, 0.2) is 30.5 Å². The fourth-order valence-electron chi connectivity index (χ4n) is 1.99. The van der Waals surface area contributed by atoms with Gasteiger partial charge in [-0.05, 0) is 18.1 Å². The Morgan fingerprint density at radius 2 is 2.05 bits per heavy atom. The third-order valence-corrected chi connectivity index (χ3v) is 4.65. The van der Waals surface area contributed by atoms with E-state index in [0.717, 1.165) is 11.3 Å². The molecule has 0 spiro atoms. The van der Waals surface area contributed by atoms with Gasteiger partial charge in [-0.2, -0.15) is 5.10 Å². The standard InChI is InChI=1S/C14H19N3O3S/c1-11-14(7-15-17(11)2)8-16-21(19,20)10-13-5-3-4-12(6-13)9-18/h3-7,16,18H,8-10H2,1-2H3. The molecule has 0 aliphatic rings. The second-order valence-electron chi connectivity index (χ2n) is 4.94. The molecular formula is C14H19N3O3S. The largest absolute Gasteiger partial charge is 0.392 e. The van der Waals surface area contributed by atoms with E-state index in [4.69, 9.17) is 5.11 Å². The number of sulfonamides is 1. The van der Waals surface area contributed by atoms with E-state index in [1.807, 2.05) is 14.0 Å². The number of hydrogen-bond acceptors (Lipinski definition) is 4. The minimum absolute atomic E-state index is 0.101. The first kappa shape index (κ1) is 15.7. The fourth-order valence-corrected chi connectivity index (χ4v) is 3.09. The molecule has 1 heterocycles. The molecule has 114 valence electrons. The van der Waals surface area contributed by atoms with Gasteiger partial charge in [0.15, 0.2) is 0 Å². The van der Waals surface area contributed by atoms with Gasteiger partial charge in [0.05, 0.1) is 18.6 Å². The number of rotatable bonds is 6. The Morgan fingerprint density at radius 3 is 2.67 bits per heavy atom. The van der Waals surface area contributed by atoms with Gasteiger partial charge in [0.1, 0.15) is 0 Å². The SMILES string of the molecule is Cc1c(CNS(=O)(=O)Cc2cccc(CO)c2)cnn1C. The third kappa shape index (κ3) is 4.13. The van der Waals surface area contributed by atoms with Crippen molar-refractivity contribution in [3.63, 3.8) is 0 Å². The molecule has 0 saturated heterocycles. The van der Waals surface area contributed by atoms with Crippen molar-refractivity contribution < 1.29 is 13.5 Å². The number of hydrogen-bond donors (Lipinski definition) is 2. The number of aliphatic hydroxyl groups is 1. The van der Waals surface area contributed by atoms with Gasteiger partial charge in [0.2, 0.25) is 10.0 Å². The zero-order chi connectivity index (χ0) is 15.5. The number of nitrogens with zero attached hydrogens (tertiary/aromatic N) is 2. The second kappa shape index (κ2) is 6.38. The molecule has 0 fully saturated rings. The van der Waals surface area contributed by atoms with Crippen LogP contribution < -0.4 is 4.72 Å². The minimum Gasteiger partial charge on any atom is -0.392 e. The quantitative estimate of drug-likeness (QED) is 0.828. The Hall–Kier alpha value is -1.70. The highest BCUT2D eigenvalue weighted by molar-refractivity contribution is 7.88. The lowest BCUT2D eigenvalue weighted by atomic mass is 10.1. The molecule has 0 aliphatic heterocycles. The van der Waals surface area contributed by atoms with Crippen LogP contribution in [0, 0.1) is 6.92 Å². The zero-order valence-electron chi connectivity index (χ0n) is 12.1. The number of aliphatic hydroxyl groups excluding tert-OH is 1. The molecule has 2 rings (SSSR count). The molecular weight excluding hydrogens is 290 g/mol. The molecule has 0 radical (unpaired) electrons. The number of benzene rings is 1. The molecule has 2 aromatic rings. The van der Waals surface area contributed by atoms with Gasteiger partial charge < -0.3 is 5.11 Å². The van der Waals surface area contributed by atoms with Crippen molar-refractivity contribution in [1.29, 1.82) is 0 Å². The average Bonchev–Trinajstić information content (AvgIpc) is 2.76. The van der Waals surface area contributed by atoms with Gasteiger partial charge in [-0.25, -0.2) is 13.1 Å². The van der Waals surface area contributed by atoms with E-state index in [0.29, 0.717) is 11.1 Å². The molecule has 0 saturated carbocycles. The van der Waals surface area contributed by atoms with Crippen LogP contribution in [-0.4, -0.2) is 23.3 Å². The lowest BCUT2D eigenvalue weighted by Gasteiger charge is -2.07. The Labute approximate surface area is 124 Å². The van der Waals surface area contributed by atoms with Crippen LogP contribution in [0.2, 0.25) is 0 Å². The van der Waals surface area contributed by atoms with Crippen LogP contribution in [0.1, 0.15) is 22.4 Å². The van der Waals surface area contributed by atoms with Crippen LogP contribution in [0.3, 0.4) is 0 Å². The lowest BCUT2D eigenvalue weighted by molar-refractivity contribution is 0.282. The van der Waals surface area contributed by atoms with E-state index in [9.17, 15) is 8.42 Å². The van der Waals surface area contributed by atoms with E-state index in [1.165, 1.54) is 0 Å². The monoisotopic (exact) mass is 309 g/mol. The van der Waals surface area contributed by atoms with Crippen molar-refractivity contribution in [2.45, 2.75) is 25.8 Å². The molecule has 21 heavy (non-hydrogen) atoms. The summed E-state index contributed by atoms with van der Waals surface area (Å²) in [4.78, 5) is 0. The summed E-state index contributed by atoms with van der Waals surface area (Å²) in [6, 6.07) is 6.91. The summed E-state index contributed by atoms with van der Waals surface area (Å²) in [5.41, 5.74) is 3.13. The van der Waals surface area contributed by atoms with Crippen molar-refractivity contribution in [1.82, 2.24) is 14.5 Å². The molecule has 7 heteroatoms. The van der Waals surface area contributed by atoms with Crippen LogP contribution >= 0.6 is 0 Å². The van der Waals surface area contributed by atoms with E-state index in [2.05, 4.69) is 9.82 Å². The molecule has 0 amide bonds. The fraction of sp³-hybridized carbons (Fsp3) is 0.357. The summed E-state index contributed by atoms with van der Waals surface area (Å²) < 4.78 is 28.5. The first-order chi connectivity index (χ1) is 9.91. The maximum atomic E-state index is 12.1. The van der Waals surface area contributed by atoms with Crippen molar-refractivity contribution >= 4 is 10.0 Å². The summed E-state index contributed by atoms with van der Waals surface area (Å²) in [6.45, 7) is 2.01. The van der Waals surface area contributed by atoms with Gasteiger partial charge >= 0.3 is 0 Å². The van der Waals surface area contributed by atoms with Crippen LogP contribution in [0.25, 0.3) is 0 Å². The topological polar surface area (TPSA) is 84.2 Å². The highest BCUT2D eigenvalue weighted by Gasteiger charge is 2.13. The normalized spacial score (nSPS) is 11.8. The minimum atomic E-state index is -3.43. The maximum absolute atomic E-state index is 12.1.